The number of rotatable bonds is 3. The number of hydrogen-bond donors (Lipinski definition) is 2. The lowest BCUT2D eigenvalue weighted by Crippen LogP contribution is -1.97. The van der Waals surface area contributed by atoms with Crippen LogP contribution in [0.4, 0.5) is 11.4 Å². The molecule has 84 valence electrons. The predicted octanol–water partition coefficient (Wildman–Crippen LogP) is 2.79. The zero-order valence-electron chi connectivity index (χ0n) is 9.22. The first-order valence-corrected chi connectivity index (χ1v) is 5.30. The topological polar surface area (TPSA) is 56.0 Å². The van der Waals surface area contributed by atoms with Gasteiger partial charge in [-0.15, -0.1) is 0 Å². The average Bonchev–Trinajstić information content (AvgIpc) is 2.40. The Morgan fingerprint density at radius 3 is 2.35 bits per heavy atom. The summed E-state index contributed by atoms with van der Waals surface area (Å²) < 4.78 is 0. The molecule has 0 saturated heterocycles. The van der Waals surface area contributed by atoms with Crippen molar-refractivity contribution in [1.29, 1.82) is 5.26 Å². The Bertz CT molecular complexity index is 558. The van der Waals surface area contributed by atoms with Gasteiger partial charge in [0.2, 0.25) is 0 Å². The van der Waals surface area contributed by atoms with E-state index < -0.39 is 0 Å². The highest BCUT2D eigenvalue weighted by Crippen LogP contribution is 2.23. The lowest BCUT2D eigenvalue weighted by molar-refractivity contribution is 0.282. The first-order valence-electron chi connectivity index (χ1n) is 5.30. The number of nitriles is 1. The van der Waals surface area contributed by atoms with Gasteiger partial charge in [0, 0.05) is 11.3 Å². The van der Waals surface area contributed by atoms with Gasteiger partial charge in [0.15, 0.2) is 0 Å². The molecule has 3 heteroatoms. The Balaban J connectivity index is 2.35. The third kappa shape index (κ3) is 2.44. The lowest BCUT2D eigenvalue weighted by atomic mass is 10.1. The van der Waals surface area contributed by atoms with Crippen LogP contribution < -0.4 is 5.32 Å². The Hall–Kier alpha value is -2.31. The number of hydrogen-bond acceptors (Lipinski definition) is 3. The van der Waals surface area contributed by atoms with Crippen molar-refractivity contribution in [2.75, 3.05) is 5.32 Å². The van der Waals surface area contributed by atoms with Crippen LogP contribution in [0.25, 0.3) is 0 Å². The number of aliphatic hydroxyl groups excluding tert-OH is 1. The number of nitrogens with one attached hydrogen (secondary N) is 1. The summed E-state index contributed by atoms with van der Waals surface area (Å²) in [4.78, 5) is 0. The first kappa shape index (κ1) is 11.2. The van der Waals surface area contributed by atoms with Gasteiger partial charge in [0.25, 0.3) is 0 Å². The van der Waals surface area contributed by atoms with Crippen LogP contribution in [0.15, 0.2) is 48.5 Å². The summed E-state index contributed by atoms with van der Waals surface area (Å²) in [7, 11) is 0. The molecule has 0 spiro atoms. The van der Waals surface area contributed by atoms with Crippen LogP contribution in [-0.2, 0) is 6.61 Å². The van der Waals surface area contributed by atoms with Crippen LogP contribution in [0.2, 0.25) is 0 Å². The Morgan fingerprint density at radius 2 is 1.65 bits per heavy atom. The lowest BCUT2D eigenvalue weighted by Gasteiger charge is -2.11. The van der Waals surface area contributed by atoms with Gasteiger partial charge in [-0.1, -0.05) is 30.3 Å². The molecule has 17 heavy (non-hydrogen) atoms. The summed E-state index contributed by atoms with van der Waals surface area (Å²) in [5.41, 5.74) is 2.95. The van der Waals surface area contributed by atoms with E-state index in [0.29, 0.717) is 5.56 Å². The number of anilines is 2. The zero-order chi connectivity index (χ0) is 12.1. The van der Waals surface area contributed by atoms with E-state index in [1.54, 1.807) is 6.07 Å². The average molecular weight is 224 g/mol. The van der Waals surface area contributed by atoms with Crippen molar-refractivity contribution in [3.63, 3.8) is 0 Å². The van der Waals surface area contributed by atoms with E-state index in [1.165, 1.54) is 0 Å². The third-order valence-electron chi connectivity index (χ3n) is 2.50. The molecule has 2 N–H and O–H groups in total. The molecule has 0 amide bonds. The molecule has 0 aliphatic heterocycles. The van der Waals surface area contributed by atoms with Gasteiger partial charge in [-0.25, -0.2) is 0 Å². The van der Waals surface area contributed by atoms with Gasteiger partial charge in [-0.05, 0) is 18.2 Å². The van der Waals surface area contributed by atoms with Crippen molar-refractivity contribution in [1.82, 2.24) is 0 Å². The molecule has 0 radical (unpaired) electrons. The molecule has 0 aromatic heterocycles. The molecular weight excluding hydrogens is 212 g/mol. The maximum atomic E-state index is 9.22. The second-order valence-corrected chi connectivity index (χ2v) is 3.60. The van der Waals surface area contributed by atoms with E-state index in [4.69, 9.17) is 5.26 Å². The number of aliphatic hydroxyl groups is 1. The van der Waals surface area contributed by atoms with Crippen molar-refractivity contribution in [3.05, 3.63) is 59.7 Å². The number of benzene rings is 2. The molecule has 0 saturated carbocycles. The molecule has 0 aliphatic carbocycles. The van der Waals surface area contributed by atoms with Gasteiger partial charge in [0.1, 0.15) is 6.07 Å². The molecule has 2 aromatic rings. The van der Waals surface area contributed by atoms with E-state index in [9.17, 15) is 5.11 Å². The minimum absolute atomic E-state index is 0.0299. The van der Waals surface area contributed by atoms with Crippen LogP contribution in [0.1, 0.15) is 11.1 Å². The summed E-state index contributed by atoms with van der Waals surface area (Å²) >= 11 is 0. The third-order valence-corrected chi connectivity index (χ3v) is 2.50. The van der Waals surface area contributed by atoms with Crippen LogP contribution in [0.5, 0.6) is 0 Å². The highest BCUT2D eigenvalue weighted by molar-refractivity contribution is 5.68. The molecule has 2 aromatic carbocycles. The van der Waals surface area contributed by atoms with Gasteiger partial charge in [0.05, 0.1) is 17.9 Å². The van der Waals surface area contributed by atoms with Gasteiger partial charge in [-0.3, -0.25) is 0 Å². The molecule has 0 atom stereocenters. The maximum Gasteiger partial charge on any atom is 0.101 e. The minimum Gasteiger partial charge on any atom is -0.392 e. The van der Waals surface area contributed by atoms with Gasteiger partial charge >= 0.3 is 0 Å². The van der Waals surface area contributed by atoms with E-state index in [-0.39, 0.29) is 6.61 Å². The summed E-state index contributed by atoms with van der Waals surface area (Å²) in [6.45, 7) is -0.0299. The fourth-order valence-corrected chi connectivity index (χ4v) is 1.61. The van der Waals surface area contributed by atoms with E-state index in [0.717, 1.165) is 16.9 Å². The minimum atomic E-state index is -0.0299. The van der Waals surface area contributed by atoms with Crippen LogP contribution in [-0.4, -0.2) is 5.11 Å². The normalized spacial score (nSPS) is 9.65. The van der Waals surface area contributed by atoms with Crippen molar-refractivity contribution in [2.24, 2.45) is 0 Å². The number of nitrogens with zero attached hydrogens (tertiary/aromatic N) is 1. The maximum absolute atomic E-state index is 9.22. The van der Waals surface area contributed by atoms with Crippen LogP contribution in [0, 0.1) is 11.3 Å². The standard InChI is InChI=1S/C14H12N2O/c15-9-11-5-1-3-7-13(11)16-14-8-4-2-6-12(14)10-17/h1-8,16-17H,10H2. The predicted molar refractivity (Wildman–Crippen MR) is 66.8 cm³/mol. The van der Waals surface area contributed by atoms with E-state index in [1.807, 2.05) is 42.5 Å². The fourth-order valence-electron chi connectivity index (χ4n) is 1.61. The van der Waals surface area contributed by atoms with Crippen molar-refractivity contribution in [2.45, 2.75) is 6.61 Å². The number of para-hydroxylation sites is 2. The molecule has 0 fully saturated rings. The van der Waals surface area contributed by atoms with Gasteiger partial charge < -0.3 is 10.4 Å². The molecule has 2 rings (SSSR count). The summed E-state index contributed by atoms with van der Waals surface area (Å²) in [6.07, 6.45) is 0. The van der Waals surface area contributed by atoms with Crippen LogP contribution >= 0.6 is 0 Å². The summed E-state index contributed by atoms with van der Waals surface area (Å²) in [6, 6.07) is 16.9. The molecular formula is C14H12N2O. The smallest absolute Gasteiger partial charge is 0.101 e. The molecule has 3 nitrogen and oxygen atoms in total. The Kier molecular flexibility index (Phi) is 3.39. The van der Waals surface area contributed by atoms with Gasteiger partial charge in [-0.2, -0.15) is 5.26 Å². The van der Waals surface area contributed by atoms with Crippen molar-refractivity contribution in [3.8, 4) is 6.07 Å². The molecule has 0 unspecified atom stereocenters. The SMILES string of the molecule is N#Cc1ccccc1Nc1ccccc1CO. The quantitative estimate of drug-likeness (QED) is 0.842. The molecule has 0 bridgehead atoms. The van der Waals surface area contributed by atoms with Crippen molar-refractivity contribution >= 4 is 11.4 Å². The summed E-state index contributed by atoms with van der Waals surface area (Å²) in [5.74, 6) is 0. The van der Waals surface area contributed by atoms with Crippen molar-refractivity contribution < 1.29 is 5.11 Å². The fraction of sp³-hybridized carbons (Fsp3) is 0.0714. The highest BCUT2D eigenvalue weighted by atomic mass is 16.3. The monoisotopic (exact) mass is 224 g/mol. The molecule has 0 aliphatic rings. The van der Waals surface area contributed by atoms with E-state index in [2.05, 4.69) is 11.4 Å². The Labute approximate surface area is 100.0 Å². The Morgan fingerprint density at radius 1 is 1.00 bits per heavy atom. The zero-order valence-corrected chi connectivity index (χ0v) is 9.22. The summed E-state index contributed by atoms with van der Waals surface area (Å²) in [5, 5.41) is 21.4. The second-order valence-electron chi connectivity index (χ2n) is 3.60. The first-order chi connectivity index (χ1) is 8.35. The second kappa shape index (κ2) is 5.15. The van der Waals surface area contributed by atoms with E-state index >= 15 is 0 Å². The highest BCUT2D eigenvalue weighted by Gasteiger charge is 2.04. The largest absolute Gasteiger partial charge is 0.392 e. The van der Waals surface area contributed by atoms with Crippen LogP contribution in [0.3, 0.4) is 0 Å². The molecule has 0 heterocycles.